The van der Waals surface area contributed by atoms with Gasteiger partial charge in [-0.15, -0.1) is 16.8 Å². The molecule has 0 saturated carbocycles. The van der Waals surface area contributed by atoms with Gasteiger partial charge < -0.3 is 9.88 Å². The van der Waals surface area contributed by atoms with E-state index in [1.807, 2.05) is 59.2 Å². The lowest BCUT2D eigenvalue weighted by atomic mass is 10.0. The van der Waals surface area contributed by atoms with Gasteiger partial charge in [0.25, 0.3) is 0 Å². The van der Waals surface area contributed by atoms with Crippen LogP contribution in [0.4, 0.5) is 0 Å². The van der Waals surface area contributed by atoms with Crippen LogP contribution in [0.15, 0.2) is 72.4 Å². The smallest absolute Gasteiger partial charge is 0.231 e. The Labute approximate surface area is 183 Å². The second-order valence-corrected chi connectivity index (χ2v) is 7.94. The molecule has 156 valence electrons. The van der Waals surface area contributed by atoms with E-state index in [1.165, 1.54) is 18.7 Å². The third kappa shape index (κ3) is 4.34. The first-order chi connectivity index (χ1) is 15.1. The predicted octanol–water partition coefficient (Wildman–Crippen LogP) is 3.70. The average Bonchev–Trinajstić information content (AvgIpc) is 3.10. The van der Waals surface area contributed by atoms with Crippen molar-refractivity contribution in [2.75, 3.05) is 5.75 Å². The van der Waals surface area contributed by atoms with Gasteiger partial charge in [0.1, 0.15) is 11.6 Å². The number of aromatic nitrogens is 4. The number of amides is 1. The number of carbonyl (C=O) groups excluding carboxylic acids is 2. The number of hydrogen-bond acceptors (Lipinski definition) is 6. The fraction of sp³-hybridized carbons (Fsp3) is 0.174. The second-order valence-electron chi connectivity index (χ2n) is 6.99. The number of nitrogens with zero attached hydrogens (tertiary/aromatic N) is 4. The first-order valence-corrected chi connectivity index (χ1v) is 10.8. The van der Waals surface area contributed by atoms with E-state index in [9.17, 15) is 9.59 Å². The van der Waals surface area contributed by atoms with Crippen LogP contribution in [0.25, 0.3) is 22.1 Å². The van der Waals surface area contributed by atoms with Crippen molar-refractivity contribution < 1.29 is 9.59 Å². The Morgan fingerprint density at radius 1 is 1.13 bits per heavy atom. The Morgan fingerprint density at radius 3 is 2.61 bits per heavy atom. The molecular weight excluding hydrogens is 410 g/mol. The summed E-state index contributed by atoms with van der Waals surface area (Å²) in [5, 5.41) is 12.7. The molecule has 7 nitrogen and oxygen atoms in total. The number of fused-ring (bicyclic) bond motifs is 3. The van der Waals surface area contributed by atoms with E-state index in [1.54, 1.807) is 6.08 Å². The summed E-state index contributed by atoms with van der Waals surface area (Å²) >= 11 is 1.18. The standard InChI is InChI=1S/C23H21N5O2S/c1-3-13-28-18-12-8-7-11-17(18)21-22(28)25-23(27-26-21)31-14-19(30)24-20(15(2)29)16-9-5-4-6-10-16/h3-12,20H,1,13-14H2,2H3,(H,24,30). The van der Waals surface area contributed by atoms with Crippen LogP contribution in [-0.2, 0) is 16.1 Å². The average molecular weight is 432 g/mol. The third-order valence-corrected chi connectivity index (χ3v) is 5.68. The van der Waals surface area contributed by atoms with Crippen LogP contribution in [0.2, 0.25) is 0 Å². The largest absolute Gasteiger partial charge is 0.341 e. The molecule has 1 unspecified atom stereocenters. The Balaban J connectivity index is 1.53. The van der Waals surface area contributed by atoms with Crippen molar-refractivity contribution in [2.45, 2.75) is 24.7 Å². The van der Waals surface area contributed by atoms with Gasteiger partial charge in [0.2, 0.25) is 11.1 Å². The zero-order valence-electron chi connectivity index (χ0n) is 17.0. The van der Waals surface area contributed by atoms with Crippen LogP contribution in [0.1, 0.15) is 18.5 Å². The Bertz CT molecular complexity index is 1270. The molecule has 0 fully saturated rings. The van der Waals surface area contributed by atoms with Gasteiger partial charge in [0.05, 0.1) is 11.3 Å². The summed E-state index contributed by atoms with van der Waals surface area (Å²) in [6.45, 7) is 5.88. The minimum atomic E-state index is -0.675. The summed E-state index contributed by atoms with van der Waals surface area (Å²) in [5.41, 5.74) is 3.17. The molecule has 0 aliphatic rings. The molecule has 1 N–H and O–H groups in total. The molecule has 0 saturated heterocycles. The normalized spacial score (nSPS) is 12.0. The number of rotatable bonds is 8. The lowest BCUT2D eigenvalue weighted by Gasteiger charge is -2.16. The first-order valence-electron chi connectivity index (χ1n) is 9.78. The highest BCUT2D eigenvalue weighted by Crippen LogP contribution is 2.27. The summed E-state index contributed by atoms with van der Waals surface area (Å²) in [6, 6.07) is 16.4. The fourth-order valence-corrected chi connectivity index (χ4v) is 4.06. The molecule has 2 aromatic carbocycles. The predicted molar refractivity (Wildman–Crippen MR) is 122 cm³/mol. The Hall–Kier alpha value is -3.52. The van der Waals surface area contributed by atoms with E-state index >= 15 is 0 Å². The second kappa shape index (κ2) is 9.09. The van der Waals surface area contributed by atoms with Gasteiger partial charge in [-0.1, -0.05) is 66.4 Å². The van der Waals surface area contributed by atoms with Crippen LogP contribution in [0, 0.1) is 0 Å². The van der Waals surface area contributed by atoms with E-state index in [0.29, 0.717) is 22.9 Å². The molecule has 0 bridgehead atoms. The SMILES string of the molecule is C=CCn1c2ccccc2c2nnc(SCC(=O)NC(C(C)=O)c3ccccc3)nc21. The monoisotopic (exact) mass is 431 g/mol. The molecule has 0 aliphatic carbocycles. The molecule has 4 aromatic rings. The Morgan fingerprint density at radius 2 is 1.87 bits per heavy atom. The molecule has 1 atom stereocenters. The van der Waals surface area contributed by atoms with Crippen molar-refractivity contribution in [2.24, 2.45) is 0 Å². The van der Waals surface area contributed by atoms with Gasteiger partial charge in [0.15, 0.2) is 11.4 Å². The first kappa shape index (κ1) is 20.7. The molecule has 8 heteroatoms. The number of thioether (sulfide) groups is 1. The van der Waals surface area contributed by atoms with Crippen molar-refractivity contribution in [3.05, 3.63) is 72.8 Å². The van der Waals surface area contributed by atoms with Gasteiger partial charge in [-0.3, -0.25) is 9.59 Å². The summed E-state index contributed by atoms with van der Waals surface area (Å²) < 4.78 is 2.03. The summed E-state index contributed by atoms with van der Waals surface area (Å²) in [4.78, 5) is 29.2. The van der Waals surface area contributed by atoms with Crippen molar-refractivity contribution in [1.82, 2.24) is 25.1 Å². The number of allylic oxidation sites excluding steroid dienone is 1. The number of Topliss-reactive ketones (excluding diaryl/α,β-unsaturated/α-hetero) is 1. The topological polar surface area (TPSA) is 89.8 Å². The van der Waals surface area contributed by atoms with Crippen LogP contribution >= 0.6 is 11.8 Å². The number of nitrogens with one attached hydrogen (secondary N) is 1. The molecule has 2 aromatic heterocycles. The Kier molecular flexibility index (Phi) is 6.08. The number of benzene rings is 2. The van der Waals surface area contributed by atoms with Crippen molar-refractivity contribution in [3.8, 4) is 0 Å². The summed E-state index contributed by atoms with van der Waals surface area (Å²) in [6.07, 6.45) is 1.81. The maximum Gasteiger partial charge on any atom is 0.231 e. The quantitative estimate of drug-likeness (QED) is 0.338. The molecule has 0 spiro atoms. The molecule has 31 heavy (non-hydrogen) atoms. The van der Waals surface area contributed by atoms with E-state index < -0.39 is 6.04 Å². The minimum absolute atomic E-state index is 0.0749. The minimum Gasteiger partial charge on any atom is -0.341 e. The van der Waals surface area contributed by atoms with Crippen LogP contribution in [0.5, 0.6) is 0 Å². The number of hydrogen-bond donors (Lipinski definition) is 1. The van der Waals surface area contributed by atoms with E-state index in [0.717, 1.165) is 16.5 Å². The highest BCUT2D eigenvalue weighted by atomic mass is 32.2. The van der Waals surface area contributed by atoms with Gasteiger partial charge in [0, 0.05) is 11.9 Å². The van der Waals surface area contributed by atoms with Crippen LogP contribution in [-0.4, -0.2) is 37.2 Å². The fourth-order valence-electron chi connectivity index (χ4n) is 3.46. The molecule has 2 heterocycles. The molecule has 1 amide bonds. The van der Waals surface area contributed by atoms with Crippen molar-refractivity contribution >= 4 is 45.5 Å². The lowest BCUT2D eigenvalue weighted by molar-refractivity contribution is -0.125. The van der Waals surface area contributed by atoms with Crippen LogP contribution in [0.3, 0.4) is 0 Å². The summed E-state index contributed by atoms with van der Waals surface area (Å²) in [5.74, 6) is -0.326. The van der Waals surface area contributed by atoms with E-state index in [2.05, 4.69) is 27.1 Å². The van der Waals surface area contributed by atoms with Crippen LogP contribution < -0.4 is 5.32 Å². The maximum absolute atomic E-state index is 12.5. The zero-order chi connectivity index (χ0) is 21.8. The highest BCUT2D eigenvalue weighted by Gasteiger charge is 2.20. The molecule has 0 aliphatic heterocycles. The lowest BCUT2D eigenvalue weighted by Crippen LogP contribution is -2.33. The summed E-state index contributed by atoms with van der Waals surface area (Å²) in [7, 11) is 0. The number of carbonyl (C=O) groups is 2. The zero-order valence-corrected chi connectivity index (χ0v) is 17.8. The van der Waals surface area contributed by atoms with Gasteiger partial charge >= 0.3 is 0 Å². The van der Waals surface area contributed by atoms with Crippen molar-refractivity contribution in [3.63, 3.8) is 0 Å². The highest BCUT2D eigenvalue weighted by molar-refractivity contribution is 7.99. The third-order valence-electron chi connectivity index (χ3n) is 4.84. The van der Waals surface area contributed by atoms with Gasteiger partial charge in [-0.25, -0.2) is 4.98 Å². The molecular formula is C23H21N5O2S. The molecule has 0 radical (unpaired) electrons. The molecule has 4 rings (SSSR count). The maximum atomic E-state index is 12.5. The van der Waals surface area contributed by atoms with Gasteiger partial charge in [-0.05, 0) is 18.6 Å². The van der Waals surface area contributed by atoms with Crippen molar-refractivity contribution in [1.29, 1.82) is 0 Å². The van der Waals surface area contributed by atoms with E-state index in [4.69, 9.17) is 0 Å². The number of ketones is 1. The van der Waals surface area contributed by atoms with E-state index in [-0.39, 0.29) is 17.4 Å². The van der Waals surface area contributed by atoms with Gasteiger partial charge in [-0.2, -0.15) is 0 Å². The number of para-hydroxylation sites is 1.